The fraction of sp³-hybridized carbons (Fsp3) is 0.571. The Kier molecular flexibility index (Phi) is 1.93. The first-order valence-electron chi connectivity index (χ1n) is 3.23. The molecule has 62 valence electrons. The topological polar surface area (TPSA) is 26.3 Å². The number of esters is 1. The van der Waals surface area contributed by atoms with E-state index in [1.807, 2.05) is 0 Å². The van der Waals surface area contributed by atoms with Crippen LogP contribution in [0.2, 0.25) is 0 Å². The molecule has 0 radical (unpaired) electrons. The van der Waals surface area contributed by atoms with Crippen LogP contribution in [0, 0.1) is 5.41 Å². The highest BCUT2D eigenvalue weighted by molar-refractivity contribution is 5.82. The SMILES string of the molecule is COC(=O)C1(C=C(F)F)CC1. The van der Waals surface area contributed by atoms with E-state index in [1.165, 1.54) is 7.11 Å². The lowest BCUT2D eigenvalue weighted by Gasteiger charge is -2.04. The smallest absolute Gasteiger partial charge is 0.315 e. The standard InChI is InChI=1S/C7H8F2O2/c1-11-6(10)7(2-3-7)4-5(8)9/h4H,2-3H2,1H3. The van der Waals surface area contributed by atoms with Gasteiger partial charge in [-0.25, -0.2) is 0 Å². The van der Waals surface area contributed by atoms with E-state index < -0.39 is 17.5 Å². The number of methoxy groups -OCH3 is 1. The summed E-state index contributed by atoms with van der Waals surface area (Å²) in [4.78, 5) is 10.8. The lowest BCUT2D eigenvalue weighted by molar-refractivity contribution is -0.145. The van der Waals surface area contributed by atoms with Gasteiger partial charge in [0.05, 0.1) is 12.5 Å². The molecular formula is C7H8F2O2. The van der Waals surface area contributed by atoms with Gasteiger partial charge < -0.3 is 4.74 Å². The Morgan fingerprint density at radius 1 is 1.55 bits per heavy atom. The maximum atomic E-state index is 11.7. The number of carbonyl (C=O) groups is 1. The van der Waals surface area contributed by atoms with Crippen LogP contribution in [0.3, 0.4) is 0 Å². The van der Waals surface area contributed by atoms with Gasteiger partial charge in [-0.1, -0.05) is 0 Å². The molecule has 2 nitrogen and oxygen atoms in total. The molecule has 0 aliphatic heterocycles. The Hall–Kier alpha value is -0.930. The minimum Gasteiger partial charge on any atom is -0.468 e. The fourth-order valence-electron chi connectivity index (χ4n) is 0.954. The summed E-state index contributed by atoms with van der Waals surface area (Å²) in [5.74, 6) is -0.565. The average Bonchev–Trinajstić information content (AvgIpc) is 2.67. The van der Waals surface area contributed by atoms with Crippen molar-refractivity contribution in [3.8, 4) is 0 Å². The third-order valence-corrected chi connectivity index (χ3v) is 1.77. The third kappa shape index (κ3) is 1.56. The summed E-state index contributed by atoms with van der Waals surface area (Å²) in [6.07, 6.45) is -0.194. The van der Waals surface area contributed by atoms with Gasteiger partial charge in [0.25, 0.3) is 6.08 Å². The third-order valence-electron chi connectivity index (χ3n) is 1.77. The molecule has 0 atom stereocenters. The van der Waals surface area contributed by atoms with Crippen molar-refractivity contribution in [1.29, 1.82) is 0 Å². The zero-order valence-corrected chi connectivity index (χ0v) is 6.06. The number of rotatable bonds is 2. The van der Waals surface area contributed by atoms with Crippen LogP contribution in [-0.2, 0) is 9.53 Å². The zero-order chi connectivity index (χ0) is 8.48. The van der Waals surface area contributed by atoms with Crippen LogP contribution >= 0.6 is 0 Å². The number of carbonyl (C=O) groups excluding carboxylic acids is 1. The minimum absolute atomic E-state index is 0.469. The summed E-state index contributed by atoms with van der Waals surface area (Å²) in [6, 6.07) is 0. The molecule has 1 saturated carbocycles. The van der Waals surface area contributed by atoms with Crippen molar-refractivity contribution in [2.24, 2.45) is 5.41 Å². The first kappa shape index (κ1) is 8.17. The summed E-state index contributed by atoms with van der Waals surface area (Å²) >= 11 is 0. The van der Waals surface area contributed by atoms with Crippen LogP contribution in [0.5, 0.6) is 0 Å². The van der Waals surface area contributed by atoms with E-state index in [0.717, 1.165) is 0 Å². The molecule has 11 heavy (non-hydrogen) atoms. The molecular weight excluding hydrogens is 154 g/mol. The van der Waals surface area contributed by atoms with Crippen LogP contribution in [0.15, 0.2) is 12.2 Å². The zero-order valence-electron chi connectivity index (χ0n) is 6.06. The highest BCUT2D eigenvalue weighted by Gasteiger charge is 2.50. The normalized spacial score (nSPS) is 18.8. The van der Waals surface area contributed by atoms with Gasteiger partial charge in [0, 0.05) is 0 Å². The molecule has 0 bridgehead atoms. The van der Waals surface area contributed by atoms with Crippen LogP contribution in [0.25, 0.3) is 0 Å². The molecule has 1 rings (SSSR count). The van der Waals surface area contributed by atoms with E-state index in [0.29, 0.717) is 18.9 Å². The highest BCUT2D eigenvalue weighted by atomic mass is 19.3. The molecule has 0 aromatic heterocycles. The van der Waals surface area contributed by atoms with E-state index in [4.69, 9.17) is 0 Å². The largest absolute Gasteiger partial charge is 0.468 e. The van der Waals surface area contributed by atoms with Crippen molar-refractivity contribution in [2.45, 2.75) is 12.8 Å². The summed E-state index contributed by atoms with van der Waals surface area (Å²) in [5.41, 5.74) is -0.992. The number of halogens is 2. The van der Waals surface area contributed by atoms with Crippen molar-refractivity contribution >= 4 is 5.97 Å². The molecule has 0 amide bonds. The number of ether oxygens (including phenoxy) is 1. The lowest BCUT2D eigenvalue weighted by Crippen LogP contribution is -2.14. The molecule has 0 spiro atoms. The summed E-state index contributed by atoms with van der Waals surface area (Å²) in [6.45, 7) is 0. The Labute approximate surface area is 62.8 Å². The molecule has 0 N–H and O–H groups in total. The van der Waals surface area contributed by atoms with Crippen LogP contribution in [-0.4, -0.2) is 13.1 Å². The molecule has 4 heteroatoms. The number of hydrogen-bond acceptors (Lipinski definition) is 2. The quantitative estimate of drug-likeness (QED) is 0.578. The van der Waals surface area contributed by atoms with Gasteiger partial charge in [-0.05, 0) is 18.9 Å². The van der Waals surface area contributed by atoms with E-state index in [-0.39, 0.29) is 0 Å². The van der Waals surface area contributed by atoms with Crippen molar-refractivity contribution in [1.82, 2.24) is 0 Å². The van der Waals surface area contributed by atoms with E-state index in [9.17, 15) is 13.6 Å². The molecule has 0 heterocycles. The van der Waals surface area contributed by atoms with Gasteiger partial charge in [0.15, 0.2) is 0 Å². The predicted octanol–water partition coefficient (Wildman–Crippen LogP) is 1.72. The van der Waals surface area contributed by atoms with Crippen LogP contribution < -0.4 is 0 Å². The van der Waals surface area contributed by atoms with E-state index in [2.05, 4.69) is 4.74 Å². The summed E-state index contributed by atoms with van der Waals surface area (Å²) < 4.78 is 27.8. The Morgan fingerprint density at radius 3 is 2.36 bits per heavy atom. The van der Waals surface area contributed by atoms with Gasteiger partial charge >= 0.3 is 5.97 Å². The van der Waals surface area contributed by atoms with Crippen LogP contribution in [0.4, 0.5) is 8.78 Å². The maximum absolute atomic E-state index is 11.7. The fourth-order valence-corrected chi connectivity index (χ4v) is 0.954. The Morgan fingerprint density at radius 2 is 2.09 bits per heavy atom. The predicted molar refractivity (Wildman–Crippen MR) is 34.0 cm³/mol. The van der Waals surface area contributed by atoms with Gasteiger partial charge in [-0.15, -0.1) is 0 Å². The first-order chi connectivity index (χ1) is 5.10. The second kappa shape index (κ2) is 2.60. The Bertz CT molecular complexity index is 202. The lowest BCUT2D eigenvalue weighted by atomic mass is 10.1. The Balaban J connectivity index is 2.68. The molecule has 0 aromatic carbocycles. The van der Waals surface area contributed by atoms with Crippen molar-refractivity contribution in [3.05, 3.63) is 12.2 Å². The first-order valence-corrected chi connectivity index (χ1v) is 3.23. The molecule has 0 aromatic rings. The van der Waals surface area contributed by atoms with Gasteiger partial charge in [0.2, 0.25) is 0 Å². The molecule has 1 aliphatic rings. The maximum Gasteiger partial charge on any atom is 0.315 e. The van der Waals surface area contributed by atoms with Gasteiger partial charge in [-0.2, -0.15) is 8.78 Å². The van der Waals surface area contributed by atoms with Gasteiger partial charge in [0.1, 0.15) is 0 Å². The molecule has 1 aliphatic carbocycles. The van der Waals surface area contributed by atoms with Crippen molar-refractivity contribution < 1.29 is 18.3 Å². The highest BCUT2D eigenvalue weighted by Crippen LogP contribution is 2.48. The molecule has 0 saturated heterocycles. The van der Waals surface area contributed by atoms with Crippen molar-refractivity contribution in [2.75, 3.05) is 7.11 Å². The summed E-state index contributed by atoms with van der Waals surface area (Å²) in [7, 11) is 1.20. The molecule has 0 unspecified atom stereocenters. The van der Waals surface area contributed by atoms with Crippen molar-refractivity contribution in [3.63, 3.8) is 0 Å². The van der Waals surface area contributed by atoms with E-state index >= 15 is 0 Å². The number of hydrogen-bond donors (Lipinski definition) is 0. The average molecular weight is 162 g/mol. The molecule has 1 fully saturated rings. The van der Waals surface area contributed by atoms with E-state index in [1.54, 1.807) is 0 Å². The summed E-state index contributed by atoms with van der Waals surface area (Å²) in [5, 5.41) is 0. The second-order valence-electron chi connectivity index (χ2n) is 2.58. The second-order valence-corrected chi connectivity index (χ2v) is 2.58. The minimum atomic E-state index is -1.81. The van der Waals surface area contributed by atoms with Crippen LogP contribution in [0.1, 0.15) is 12.8 Å². The van der Waals surface area contributed by atoms with Gasteiger partial charge in [-0.3, -0.25) is 4.79 Å². The monoisotopic (exact) mass is 162 g/mol.